The largest absolute Gasteiger partial charge is 0.497 e. The molecule has 6 heteroatoms. The summed E-state index contributed by atoms with van der Waals surface area (Å²) in [5, 5.41) is 0. The number of rotatable bonds is 11. The lowest BCUT2D eigenvalue weighted by atomic mass is 10.1. The van der Waals surface area contributed by atoms with Crippen molar-refractivity contribution in [3.63, 3.8) is 0 Å². The predicted octanol–water partition coefficient (Wildman–Crippen LogP) is 4.71. The Morgan fingerprint density at radius 2 is 1.73 bits per heavy atom. The van der Waals surface area contributed by atoms with E-state index in [2.05, 4.69) is 0 Å². The Hall–Kier alpha value is -3.28. The van der Waals surface area contributed by atoms with Crippen LogP contribution in [0.1, 0.15) is 43.1 Å². The Balaban J connectivity index is 2.00. The van der Waals surface area contributed by atoms with Crippen LogP contribution in [0.3, 0.4) is 0 Å². The van der Waals surface area contributed by atoms with E-state index in [0.29, 0.717) is 36.0 Å². The van der Waals surface area contributed by atoms with Crippen molar-refractivity contribution in [1.82, 2.24) is 0 Å². The second kappa shape index (κ2) is 11.7. The lowest BCUT2D eigenvalue weighted by Gasteiger charge is -2.12. The molecule has 0 amide bonds. The van der Waals surface area contributed by atoms with Gasteiger partial charge in [0.2, 0.25) is 5.78 Å². The lowest BCUT2D eigenvalue weighted by molar-refractivity contribution is -0.140. The molecule has 0 aromatic heterocycles. The predicted molar refractivity (Wildman–Crippen MR) is 115 cm³/mol. The van der Waals surface area contributed by atoms with Crippen LogP contribution in [0.15, 0.2) is 48.5 Å². The first-order valence-corrected chi connectivity index (χ1v) is 9.95. The van der Waals surface area contributed by atoms with Crippen molar-refractivity contribution >= 4 is 17.8 Å². The smallest absolute Gasteiger partial charge is 0.331 e. The molecule has 0 aliphatic heterocycles. The van der Waals surface area contributed by atoms with E-state index in [1.165, 1.54) is 6.08 Å². The van der Waals surface area contributed by atoms with Crippen molar-refractivity contribution in [3.8, 4) is 17.2 Å². The minimum atomic E-state index is -0.903. The van der Waals surface area contributed by atoms with Gasteiger partial charge in [0, 0.05) is 11.6 Å². The Morgan fingerprint density at radius 3 is 2.37 bits per heavy atom. The van der Waals surface area contributed by atoms with Gasteiger partial charge in [-0.15, -0.1) is 0 Å². The van der Waals surface area contributed by atoms with Crippen LogP contribution in [0, 0.1) is 0 Å². The van der Waals surface area contributed by atoms with E-state index in [1.54, 1.807) is 50.4 Å². The van der Waals surface area contributed by atoms with Crippen molar-refractivity contribution in [3.05, 3.63) is 59.7 Å². The number of Topliss-reactive ketones (excluding diaryl/α,β-unsaturated/α-hetero) is 1. The standard InChI is InChI=1S/C24H28O6/c1-5-15-29-21-13-7-18(16-22(21)28-6-2)8-14-23(25)30-17(3)24(26)19-9-11-20(27-4)12-10-19/h7-14,16-17H,5-6,15H2,1-4H3/b14-8+. The summed E-state index contributed by atoms with van der Waals surface area (Å²) >= 11 is 0. The van der Waals surface area contributed by atoms with Gasteiger partial charge in [0.15, 0.2) is 17.6 Å². The minimum absolute atomic E-state index is 0.282. The fraction of sp³-hybridized carbons (Fsp3) is 0.333. The molecule has 0 radical (unpaired) electrons. The van der Waals surface area contributed by atoms with Gasteiger partial charge in [0.05, 0.1) is 20.3 Å². The second-order valence-corrected chi connectivity index (χ2v) is 6.49. The molecule has 2 aromatic rings. The van der Waals surface area contributed by atoms with Crippen LogP contribution in [0.4, 0.5) is 0 Å². The molecule has 0 aliphatic rings. The highest BCUT2D eigenvalue weighted by molar-refractivity contribution is 6.01. The Bertz CT molecular complexity index is 870. The van der Waals surface area contributed by atoms with Gasteiger partial charge < -0.3 is 18.9 Å². The first kappa shape index (κ1) is 23.0. The zero-order valence-corrected chi connectivity index (χ0v) is 17.8. The number of hydrogen-bond acceptors (Lipinski definition) is 6. The van der Waals surface area contributed by atoms with E-state index >= 15 is 0 Å². The van der Waals surface area contributed by atoms with Crippen LogP contribution >= 0.6 is 0 Å². The summed E-state index contributed by atoms with van der Waals surface area (Å²) in [6.45, 7) is 6.57. The number of methoxy groups -OCH3 is 1. The van der Waals surface area contributed by atoms with Crippen molar-refractivity contribution in [2.24, 2.45) is 0 Å². The van der Waals surface area contributed by atoms with Crippen LogP contribution in [-0.4, -0.2) is 38.2 Å². The lowest BCUT2D eigenvalue weighted by Crippen LogP contribution is -2.23. The van der Waals surface area contributed by atoms with Crippen LogP contribution in [0.2, 0.25) is 0 Å². The maximum absolute atomic E-state index is 12.4. The first-order chi connectivity index (χ1) is 14.5. The molecule has 0 bridgehead atoms. The third-order valence-corrected chi connectivity index (χ3v) is 4.18. The summed E-state index contributed by atoms with van der Waals surface area (Å²) in [4.78, 5) is 24.6. The Morgan fingerprint density at radius 1 is 1.00 bits per heavy atom. The maximum Gasteiger partial charge on any atom is 0.331 e. The molecule has 2 rings (SSSR count). The summed E-state index contributed by atoms with van der Waals surface area (Å²) in [6, 6.07) is 12.1. The normalized spacial score (nSPS) is 11.7. The van der Waals surface area contributed by atoms with Gasteiger partial charge in [0.1, 0.15) is 5.75 Å². The second-order valence-electron chi connectivity index (χ2n) is 6.49. The number of carbonyl (C=O) groups excluding carboxylic acids is 2. The van der Waals surface area contributed by atoms with Gasteiger partial charge in [-0.25, -0.2) is 4.79 Å². The SMILES string of the molecule is CCCOc1ccc(/C=C/C(=O)OC(C)C(=O)c2ccc(OC)cc2)cc1OCC. The van der Waals surface area contributed by atoms with Gasteiger partial charge in [-0.3, -0.25) is 4.79 Å². The fourth-order valence-corrected chi connectivity index (χ4v) is 2.65. The molecule has 0 heterocycles. The quantitative estimate of drug-likeness (QED) is 0.302. The van der Waals surface area contributed by atoms with Crippen molar-refractivity contribution in [2.45, 2.75) is 33.3 Å². The van der Waals surface area contributed by atoms with Crippen LogP contribution < -0.4 is 14.2 Å². The molecular weight excluding hydrogens is 384 g/mol. The van der Waals surface area contributed by atoms with Gasteiger partial charge >= 0.3 is 5.97 Å². The number of ketones is 1. The Kier molecular flexibility index (Phi) is 8.94. The number of ether oxygens (including phenoxy) is 4. The summed E-state index contributed by atoms with van der Waals surface area (Å²) in [5.74, 6) is 1.04. The van der Waals surface area contributed by atoms with Gasteiger partial charge in [-0.05, 0) is 68.3 Å². The summed E-state index contributed by atoms with van der Waals surface area (Å²) < 4.78 is 21.6. The van der Waals surface area contributed by atoms with Crippen LogP contribution in [0.5, 0.6) is 17.2 Å². The fourth-order valence-electron chi connectivity index (χ4n) is 2.65. The molecule has 0 spiro atoms. The zero-order chi connectivity index (χ0) is 21.9. The van der Waals surface area contributed by atoms with E-state index in [9.17, 15) is 9.59 Å². The van der Waals surface area contributed by atoms with Gasteiger partial charge in [-0.2, -0.15) is 0 Å². The average Bonchev–Trinajstić information content (AvgIpc) is 2.76. The van der Waals surface area contributed by atoms with E-state index in [1.807, 2.05) is 26.0 Å². The molecule has 0 aliphatic carbocycles. The molecule has 1 atom stereocenters. The molecule has 0 saturated heterocycles. The van der Waals surface area contributed by atoms with Crippen LogP contribution in [0.25, 0.3) is 6.08 Å². The molecule has 0 fully saturated rings. The van der Waals surface area contributed by atoms with Crippen LogP contribution in [-0.2, 0) is 9.53 Å². The highest BCUT2D eigenvalue weighted by atomic mass is 16.5. The average molecular weight is 412 g/mol. The molecular formula is C24H28O6. The molecule has 0 N–H and O–H groups in total. The number of esters is 1. The topological polar surface area (TPSA) is 71.1 Å². The molecule has 6 nitrogen and oxygen atoms in total. The van der Waals surface area contributed by atoms with Crippen molar-refractivity contribution in [1.29, 1.82) is 0 Å². The zero-order valence-electron chi connectivity index (χ0n) is 17.8. The van der Waals surface area contributed by atoms with E-state index < -0.39 is 12.1 Å². The van der Waals surface area contributed by atoms with E-state index in [4.69, 9.17) is 18.9 Å². The monoisotopic (exact) mass is 412 g/mol. The summed E-state index contributed by atoms with van der Waals surface area (Å²) in [5.41, 5.74) is 1.21. The molecule has 2 aromatic carbocycles. The molecule has 160 valence electrons. The van der Waals surface area contributed by atoms with E-state index in [-0.39, 0.29) is 5.78 Å². The van der Waals surface area contributed by atoms with Gasteiger partial charge in [0.25, 0.3) is 0 Å². The maximum atomic E-state index is 12.4. The highest BCUT2D eigenvalue weighted by Gasteiger charge is 2.18. The summed E-state index contributed by atoms with van der Waals surface area (Å²) in [6.07, 6.45) is 2.89. The number of carbonyl (C=O) groups is 2. The number of hydrogen-bond donors (Lipinski definition) is 0. The van der Waals surface area contributed by atoms with Crippen molar-refractivity contribution in [2.75, 3.05) is 20.3 Å². The van der Waals surface area contributed by atoms with Gasteiger partial charge in [-0.1, -0.05) is 13.0 Å². The molecule has 0 saturated carbocycles. The van der Waals surface area contributed by atoms with E-state index in [0.717, 1.165) is 12.0 Å². The summed E-state index contributed by atoms with van der Waals surface area (Å²) in [7, 11) is 1.55. The Labute approximate surface area is 177 Å². The first-order valence-electron chi connectivity index (χ1n) is 9.95. The highest BCUT2D eigenvalue weighted by Crippen LogP contribution is 2.29. The van der Waals surface area contributed by atoms with Crippen molar-refractivity contribution < 1.29 is 28.5 Å². The molecule has 30 heavy (non-hydrogen) atoms. The third kappa shape index (κ3) is 6.65. The molecule has 1 unspecified atom stereocenters. The number of benzene rings is 2. The minimum Gasteiger partial charge on any atom is -0.497 e. The third-order valence-electron chi connectivity index (χ3n) is 4.18.